The van der Waals surface area contributed by atoms with Crippen LogP contribution in [0.25, 0.3) is 0 Å². The molecule has 8 heteroatoms. The van der Waals surface area contributed by atoms with E-state index in [1.807, 2.05) is 12.1 Å². The Morgan fingerprint density at radius 1 is 1.38 bits per heavy atom. The van der Waals surface area contributed by atoms with Crippen LogP contribution in [0.3, 0.4) is 0 Å². The van der Waals surface area contributed by atoms with E-state index >= 15 is 0 Å². The maximum Gasteiger partial charge on any atom is 0.344 e. The van der Waals surface area contributed by atoms with Gasteiger partial charge in [-0.3, -0.25) is 4.79 Å². The molecular weight excluding hydrogens is 354 g/mol. The number of hydrogen-bond donors (Lipinski definition) is 2. The number of esters is 1. The monoisotopic (exact) mass is 375 g/mol. The van der Waals surface area contributed by atoms with Crippen molar-refractivity contribution in [3.8, 4) is 5.75 Å². The second-order valence-corrected chi connectivity index (χ2v) is 7.36. The van der Waals surface area contributed by atoms with Gasteiger partial charge < -0.3 is 20.5 Å². The van der Waals surface area contributed by atoms with Crippen LogP contribution in [0.2, 0.25) is 0 Å². The molecule has 2 aromatic rings. The Hall–Kier alpha value is -2.61. The number of hydrogen-bond acceptors (Lipinski definition) is 7. The van der Waals surface area contributed by atoms with Crippen molar-refractivity contribution in [3.05, 3.63) is 40.4 Å². The van der Waals surface area contributed by atoms with Gasteiger partial charge in [-0.25, -0.2) is 9.78 Å². The molecule has 1 aromatic carbocycles. The lowest BCUT2D eigenvalue weighted by Crippen LogP contribution is -2.21. The summed E-state index contributed by atoms with van der Waals surface area (Å²) in [6.45, 7) is 3.84. The zero-order valence-electron chi connectivity index (χ0n) is 14.7. The molecule has 0 saturated heterocycles. The van der Waals surface area contributed by atoms with Gasteiger partial charge in [-0.15, -0.1) is 11.3 Å². The first-order chi connectivity index (χ1) is 12.4. The van der Waals surface area contributed by atoms with Crippen LogP contribution in [-0.4, -0.2) is 29.6 Å². The van der Waals surface area contributed by atoms with Crippen molar-refractivity contribution in [3.63, 3.8) is 0 Å². The molecule has 26 heavy (non-hydrogen) atoms. The van der Waals surface area contributed by atoms with Crippen molar-refractivity contribution in [2.24, 2.45) is 0 Å². The van der Waals surface area contributed by atoms with Crippen LogP contribution in [0, 0.1) is 0 Å². The van der Waals surface area contributed by atoms with Gasteiger partial charge in [0, 0.05) is 17.2 Å². The summed E-state index contributed by atoms with van der Waals surface area (Å²) >= 11 is 1.41. The average molecular weight is 375 g/mol. The maximum absolute atomic E-state index is 12.0. The number of nitrogen functional groups attached to an aromatic ring is 1. The summed E-state index contributed by atoms with van der Waals surface area (Å²) in [4.78, 5) is 28.9. The fourth-order valence-electron chi connectivity index (χ4n) is 2.82. The van der Waals surface area contributed by atoms with Gasteiger partial charge in [0.15, 0.2) is 11.7 Å². The summed E-state index contributed by atoms with van der Waals surface area (Å²) in [7, 11) is 0. The Bertz CT molecular complexity index is 801. The molecule has 3 rings (SSSR count). The van der Waals surface area contributed by atoms with E-state index < -0.39 is 5.97 Å². The number of rotatable bonds is 5. The topological polar surface area (TPSA) is 104 Å². The van der Waals surface area contributed by atoms with Gasteiger partial charge in [0.2, 0.25) is 5.91 Å². The second kappa shape index (κ2) is 7.74. The number of benzene rings is 1. The predicted octanol–water partition coefficient (Wildman–Crippen LogP) is 2.21. The highest BCUT2D eigenvalue weighted by Crippen LogP contribution is 2.37. The molecule has 1 aliphatic rings. The Balaban J connectivity index is 1.73. The highest BCUT2D eigenvalue weighted by Gasteiger charge is 2.27. The lowest BCUT2D eigenvalue weighted by atomic mass is 9.93. The molecule has 0 bridgehead atoms. The third kappa shape index (κ3) is 4.32. The van der Waals surface area contributed by atoms with Crippen LogP contribution in [-0.2, 0) is 20.9 Å². The molecule has 2 heterocycles. The summed E-state index contributed by atoms with van der Waals surface area (Å²) in [5.41, 5.74) is 7.64. The van der Waals surface area contributed by atoms with Gasteiger partial charge >= 0.3 is 5.97 Å². The normalized spacial score (nSPS) is 16.6. The number of fused-ring (bicyclic) bond motifs is 1. The van der Waals surface area contributed by atoms with Crippen molar-refractivity contribution in [1.29, 1.82) is 0 Å². The van der Waals surface area contributed by atoms with Crippen molar-refractivity contribution in [2.45, 2.75) is 38.8 Å². The zero-order valence-corrected chi connectivity index (χ0v) is 15.5. The molecule has 138 valence electrons. The van der Waals surface area contributed by atoms with Crippen LogP contribution in [0.5, 0.6) is 5.75 Å². The number of carbonyl (C=O) groups excluding carboxylic acids is 2. The minimum absolute atomic E-state index is 0.0180. The van der Waals surface area contributed by atoms with Gasteiger partial charge in [-0.1, -0.05) is 12.1 Å². The molecule has 0 fully saturated rings. The summed E-state index contributed by atoms with van der Waals surface area (Å²) in [6.07, 6.45) is 0.172. The highest BCUT2D eigenvalue weighted by molar-refractivity contribution is 7.15. The number of anilines is 1. The molecule has 0 aliphatic carbocycles. The molecule has 3 N–H and O–H groups in total. The van der Waals surface area contributed by atoms with Gasteiger partial charge in [-0.2, -0.15) is 0 Å². The summed E-state index contributed by atoms with van der Waals surface area (Å²) in [5, 5.41) is 3.35. The Morgan fingerprint density at radius 3 is 2.81 bits per heavy atom. The Kier molecular flexibility index (Phi) is 5.41. The maximum atomic E-state index is 12.0. The van der Waals surface area contributed by atoms with Crippen LogP contribution >= 0.6 is 11.3 Å². The van der Waals surface area contributed by atoms with E-state index in [9.17, 15) is 9.59 Å². The van der Waals surface area contributed by atoms with E-state index in [0.29, 0.717) is 23.8 Å². The summed E-state index contributed by atoms with van der Waals surface area (Å²) in [5.74, 6) is 0.0450. The largest absolute Gasteiger partial charge is 0.482 e. The first kappa shape index (κ1) is 18.2. The minimum atomic E-state index is -0.408. The van der Waals surface area contributed by atoms with Gasteiger partial charge in [0.05, 0.1) is 18.3 Å². The molecule has 0 radical (unpaired) electrons. The number of nitrogens with one attached hydrogen (secondary N) is 1. The Morgan fingerprint density at radius 2 is 2.12 bits per heavy atom. The van der Waals surface area contributed by atoms with E-state index in [1.165, 1.54) is 11.3 Å². The van der Waals surface area contributed by atoms with E-state index in [4.69, 9.17) is 15.2 Å². The predicted molar refractivity (Wildman–Crippen MR) is 98.0 cm³/mol. The quantitative estimate of drug-likeness (QED) is 0.777. The van der Waals surface area contributed by atoms with E-state index in [0.717, 1.165) is 16.1 Å². The average Bonchev–Trinajstić information content (AvgIpc) is 2.89. The van der Waals surface area contributed by atoms with E-state index in [2.05, 4.69) is 10.3 Å². The molecule has 7 nitrogen and oxygen atoms in total. The lowest BCUT2D eigenvalue weighted by Gasteiger charge is -2.14. The molecule has 1 aliphatic heterocycles. The fraction of sp³-hybridized carbons (Fsp3) is 0.389. The van der Waals surface area contributed by atoms with Crippen molar-refractivity contribution in [1.82, 2.24) is 10.3 Å². The van der Waals surface area contributed by atoms with Crippen molar-refractivity contribution in [2.75, 3.05) is 12.3 Å². The number of amides is 1. The van der Waals surface area contributed by atoms with Gasteiger partial charge in [0.1, 0.15) is 5.75 Å². The molecule has 0 spiro atoms. The number of nitrogens with zero attached hydrogens (tertiary/aromatic N) is 1. The molecule has 0 unspecified atom stereocenters. The summed E-state index contributed by atoms with van der Waals surface area (Å²) in [6, 6.07) is 7.35. The molecule has 1 amide bonds. The second-order valence-electron chi connectivity index (χ2n) is 6.29. The van der Waals surface area contributed by atoms with E-state index in [-0.39, 0.29) is 24.5 Å². The molecule has 0 saturated carbocycles. The van der Waals surface area contributed by atoms with Crippen LogP contribution in [0.4, 0.5) is 5.13 Å². The zero-order chi connectivity index (χ0) is 18.7. The third-order valence-corrected chi connectivity index (χ3v) is 4.95. The van der Waals surface area contributed by atoms with Gasteiger partial charge in [-0.05, 0) is 31.5 Å². The fourth-order valence-corrected chi connectivity index (χ4v) is 3.80. The van der Waals surface area contributed by atoms with Gasteiger partial charge in [0.25, 0.3) is 0 Å². The highest BCUT2D eigenvalue weighted by atomic mass is 32.1. The lowest BCUT2D eigenvalue weighted by molar-refractivity contribution is -0.149. The first-order valence-electron chi connectivity index (χ1n) is 8.36. The number of ether oxygens (including phenoxy) is 2. The standard InChI is InChI=1S/C18H21N3O4S/c1-10(2)25-16(23)9-24-12-5-3-11(4-6-12)13-7-15(22)20-8-14-17(13)26-18(19)21-14/h3-6,10,13H,7-9H2,1-2H3,(H2,19,21)(H,20,22)/t13-/m1/s1. The Labute approximate surface area is 155 Å². The minimum Gasteiger partial charge on any atom is -0.482 e. The van der Waals surface area contributed by atoms with Crippen LogP contribution < -0.4 is 15.8 Å². The number of nitrogens with two attached hydrogens (primary N) is 1. The smallest absolute Gasteiger partial charge is 0.344 e. The van der Waals surface area contributed by atoms with Crippen molar-refractivity contribution >= 4 is 28.3 Å². The van der Waals surface area contributed by atoms with Crippen LogP contribution in [0.15, 0.2) is 24.3 Å². The van der Waals surface area contributed by atoms with Crippen LogP contribution in [0.1, 0.15) is 42.3 Å². The third-order valence-electron chi connectivity index (χ3n) is 3.91. The number of thiazole rings is 1. The number of carbonyl (C=O) groups is 2. The SMILES string of the molecule is CC(C)OC(=O)COc1ccc([C@H]2CC(=O)NCc3nc(N)sc32)cc1. The molecule has 1 aromatic heterocycles. The molecular formula is C18H21N3O4S. The number of aromatic nitrogens is 1. The summed E-state index contributed by atoms with van der Waals surface area (Å²) < 4.78 is 10.5. The molecule has 1 atom stereocenters. The van der Waals surface area contributed by atoms with E-state index in [1.54, 1.807) is 26.0 Å². The first-order valence-corrected chi connectivity index (χ1v) is 9.18. The van der Waals surface area contributed by atoms with Crippen molar-refractivity contribution < 1.29 is 19.1 Å².